The molecule has 10 heavy (non-hydrogen) atoms. The molecule has 0 aromatic rings. The molecule has 1 rings (SSSR count). The molecule has 0 radical (unpaired) electrons. The van der Waals surface area contributed by atoms with E-state index in [2.05, 4.69) is 36.6 Å². The van der Waals surface area contributed by atoms with Gasteiger partial charge in [0.2, 0.25) is 0 Å². The molecule has 1 aliphatic rings. The summed E-state index contributed by atoms with van der Waals surface area (Å²) >= 11 is 6.00. The van der Waals surface area contributed by atoms with E-state index in [-0.39, 0.29) is 5.33 Å². The SMILES string of the molecule is O=C1C=C(Br)C(O)(CBr)O1. The first kappa shape index (κ1) is 8.23. The van der Waals surface area contributed by atoms with E-state index in [1.807, 2.05) is 0 Å². The lowest BCUT2D eigenvalue weighted by atomic mass is 10.3. The van der Waals surface area contributed by atoms with Crippen molar-refractivity contribution in [2.45, 2.75) is 5.79 Å². The normalized spacial score (nSPS) is 31.9. The smallest absolute Gasteiger partial charge is 0.334 e. The third-order valence-electron chi connectivity index (χ3n) is 1.07. The number of carbonyl (C=O) groups is 1. The molecule has 3 nitrogen and oxygen atoms in total. The molecular formula is C5H4Br2O3. The Morgan fingerprint density at radius 3 is 2.60 bits per heavy atom. The van der Waals surface area contributed by atoms with Gasteiger partial charge < -0.3 is 9.84 Å². The molecule has 56 valence electrons. The van der Waals surface area contributed by atoms with Crippen molar-refractivity contribution >= 4 is 37.8 Å². The van der Waals surface area contributed by atoms with Gasteiger partial charge in [-0.15, -0.1) is 0 Å². The van der Waals surface area contributed by atoms with Crippen LogP contribution in [0.15, 0.2) is 10.6 Å². The molecule has 1 unspecified atom stereocenters. The fourth-order valence-corrected chi connectivity index (χ4v) is 1.75. The van der Waals surface area contributed by atoms with Gasteiger partial charge in [0.1, 0.15) is 0 Å². The van der Waals surface area contributed by atoms with Crippen molar-refractivity contribution in [2.24, 2.45) is 0 Å². The number of esters is 1. The first-order chi connectivity index (χ1) is 4.58. The van der Waals surface area contributed by atoms with Crippen LogP contribution in [0.2, 0.25) is 0 Å². The van der Waals surface area contributed by atoms with Crippen molar-refractivity contribution in [2.75, 3.05) is 5.33 Å². The number of rotatable bonds is 1. The van der Waals surface area contributed by atoms with Crippen molar-refractivity contribution in [1.82, 2.24) is 0 Å². The van der Waals surface area contributed by atoms with Gasteiger partial charge in [0.15, 0.2) is 0 Å². The maximum absolute atomic E-state index is 10.5. The Balaban J connectivity index is 2.86. The number of halogens is 2. The van der Waals surface area contributed by atoms with Crippen LogP contribution in [-0.2, 0) is 9.53 Å². The van der Waals surface area contributed by atoms with E-state index in [4.69, 9.17) is 0 Å². The fourth-order valence-electron chi connectivity index (χ4n) is 0.552. The summed E-state index contributed by atoms with van der Waals surface area (Å²) in [5.41, 5.74) is 0. The Labute approximate surface area is 74.3 Å². The van der Waals surface area contributed by atoms with Gasteiger partial charge in [0.05, 0.1) is 9.81 Å². The molecule has 0 aliphatic carbocycles. The summed E-state index contributed by atoms with van der Waals surface area (Å²) in [7, 11) is 0. The lowest BCUT2D eigenvalue weighted by molar-refractivity contribution is -0.171. The molecule has 1 heterocycles. The van der Waals surface area contributed by atoms with Crippen LogP contribution in [-0.4, -0.2) is 22.2 Å². The number of alkyl halides is 1. The molecule has 0 saturated carbocycles. The molecule has 1 aliphatic heterocycles. The van der Waals surface area contributed by atoms with E-state index in [1.165, 1.54) is 6.08 Å². The highest BCUT2D eigenvalue weighted by atomic mass is 79.9. The minimum absolute atomic E-state index is 0.169. The summed E-state index contributed by atoms with van der Waals surface area (Å²) in [5, 5.41) is 9.50. The van der Waals surface area contributed by atoms with Gasteiger partial charge in [-0.3, -0.25) is 0 Å². The molecule has 0 amide bonds. The molecule has 0 bridgehead atoms. The maximum atomic E-state index is 10.5. The highest BCUT2D eigenvalue weighted by molar-refractivity contribution is 9.12. The zero-order chi connectivity index (χ0) is 7.78. The topological polar surface area (TPSA) is 46.5 Å². The second-order valence-electron chi connectivity index (χ2n) is 1.83. The van der Waals surface area contributed by atoms with Gasteiger partial charge in [-0.2, -0.15) is 0 Å². The van der Waals surface area contributed by atoms with E-state index in [9.17, 15) is 9.90 Å². The van der Waals surface area contributed by atoms with E-state index < -0.39 is 11.8 Å². The quantitative estimate of drug-likeness (QED) is 0.570. The summed E-state index contributed by atoms with van der Waals surface area (Å²) in [6, 6.07) is 0. The van der Waals surface area contributed by atoms with Gasteiger partial charge >= 0.3 is 5.97 Å². The lowest BCUT2D eigenvalue weighted by Gasteiger charge is -2.18. The zero-order valence-corrected chi connectivity index (χ0v) is 7.98. The van der Waals surface area contributed by atoms with E-state index in [1.54, 1.807) is 0 Å². The van der Waals surface area contributed by atoms with Gasteiger partial charge in [0.25, 0.3) is 5.79 Å². The average molecular weight is 272 g/mol. The minimum Gasteiger partial charge on any atom is -0.424 e. The highest BCUT2D eigenvalue weighted by Gasteiger charge is 2.39. The van der Waals surface area contributed by atoms with Crippen LogP contribution >= 0.6 is 31.9 Å². The summed E-state index contributed by atoms with van der Waals surface area (Å²) in [4.78, 5) is 10.5. The van der Waals surface area contributed by atoms with Gasteiger partial charge in [-0.25, -0.2) is 4.79 Å². The van der Waals surface area contributed by atoms with Crippen LogP contribution in [0, 0.1) is 0 Å². The second kappa shape index (κ2) is 2.64. The summed E-state index contributed by atoms with van der Waals surface area (Å²) < 4.78 is 4.89. The standard InChI is InChI=1S/C5H4Br2O3/c6-2-5(9)3(7)1-4(8)10-5/h1,9H,2H2. The monoisotopic (exact) mass is 270 g/mol. The van der Waals surface area contributed by atoms with E-state index in [0.717, 1.165) is 0 Å². The average Bonchev–Trinajstić information content (AvgIpc) is 2.09. The van der Waals surface area contributed by atoms with E-state index in [0.29, 0.717) is 4.48 Å². The zero-order valence-electron chi connectivity index (χ0n) is 4.80. The molecule has 0 aromatic carbocycles. The van der Waals surface area contributed by atoms with Crippen LogP contribution in [0.1, 0.15) is 0 Å². The van der Waals surface area contributed by atoms with E-state index >= 15 is 0 Å². The van der Waals surface area contributed by atoms with Gasteiger partial charge in [-0.05, 0) is 15.9 Å². The summed E-state index contributed by atoms with van der Waals surface area (Å²) in [5.74, 6) is -2.02. The Bertz CT molecular complexity index is 201. The molecule has 0 fully saturated rings. The Hall–Kier alpha value is 0.130. The number of ether oxygens (including phenoxy) is 1. The number of carbonyl (C=O) groups excluding carboxylic acids is 1. The van der Waals surface area contributed by atoms with Crippen molar-refractivity contribution in [3.05, 3.63) is 10.6 Å². The van der Waals surface area contributed by atoms with Crippen molar-refractivity contribution in [3.8, 4) is 0 Å². The third kappa shape index (κ3) is 1.26. The molecule has 0 aromatic heterocycles. The summed E-state index contributed by atoms with van der Waals surface area (Å²) in [6.45, 7) is 0. The number of cyclic esters (lactones) is 1. The Morgan fingerprint density at radius 2 is 2.40 bits per heavy atom. The number of aliphatic hydroxyl groups is 1. The molecule has 1 N–H and O–H groups in total. The second-order valence-corrected chi connectivity index (χ2v) is 3.25. The molecule has 0 spiro atoms. The van der Waals surface area contributed by atoms with Crippen LogP contribution in [0.5, 0.6) is 0 Å². The molecule has 0 saturated heterocycles. The lowest BCUT2D eigenvalue weighted by Crippen LogP contribution is -2.31. The number of hydrogen-bond donors (Lipinski definition) is 1. The van der Waals surface area contributed by atoms with Crippen molar-refractivity contribution in [3.63, 3.8) is 0 Å². The Morgan fingerprint density at radius 1 is 1.80 bits per heavy atom. The first-order valence-corrected chi connectivity index (χ1v) is 4.39. The highest BCUT2D eigenvalue weighted by Crippen LogP contribution is 2.31. The van der Waals surface area contributed by atoms with Crippen LogP contribution in [0.25, 0.3) is 0 Å². The Kier molecular flexibility index (Phi) is 2.17. The maximum Gasteiger partial charge on any atom is 0.334 e. The van der Waals surface area contributed by atoms with Gasteiger partial charge in [0, 0.05) is 6.08 Å². The van der Waals surface area contributed by atoms with Crippen LogP contribution in [0.3, 0.4) is 0 Å². The fraction of sp³-hybridized carbons (Fsp3) is 0.400. The van der Waals surface area contributed by atoms with Crippen LogP contribution in [0.4, 0.5) is 0 Å². The molecule has 1 atom stereocenters. The summed E-state index contributed by atoms with van der Waals surface area (Å²) in [6.07, 6.45) is 1.20. The predicted octanol–water partition coefficient (Wildman–Crippen LogP) is 0.905. The predicted molar refractivity (Wildman–Crippen MR) is 41.8 cm³/mol. The number of hydrogen-bond acceptors (Lipinski definition) is 3. The molecule has 5 heteroatoms. The van der Waals surface area contributed by atoms with Crippen molar-refractivity contribution < 1.29 is 14.6 Å². The largest absolute Gasteiger partial charge is 0.424 e. The first-order valence-electron chi connectivity index (χ1n) is 2.47. The molecular weight excluding hydrogens is 268 g/mol. The third-order valence-corrected chi connectivity index (χ3v) is 2.68. The van der Waals surface area contributed by atoms with Gasteiger partial charge in [-0.1, -0.05) is 15.9 Å². The van der Waals surface area contributed by atoms with Crippen molar-refractivity contribution in [1.29, 1.82) is 0 Å². The van der Waals surface area contributed by atoms with Crippen LogP contribution < -0.4 is 0 Å². The minimum atomic E-state index is -1.49.